The van der Waals surface area contributed by atoms with Crippen LogP contribution in [0, 0.1) is 0 Å². The van der Waals surface area contributed by atoms with E-state index < -0.39 is 5.60 Å². The highest BCUT2D eigenvalue weighted by molar-refractivity contribution is 5.94. The molecule has 2 aromatic carbocycles. The number of aryl methyl sites for hydroxylation is 1. The maximum atomic E-state index is 13.2. The van der Waals surface area contributed by atoms with Gasteiger partial charge in [-0.15, -0.1) is 0 Å². The van der Waals surface area contributed by atoms with Crippen molar-refractivity contribution in [2.75, 3.05) is 24.5 Å². The number of nitrogens with zero attached hydrogens (tertiary/aromatic N) is 6. The van der Waals surface area contributed by atoms with Crippen molar-refractivity contribution in [3.8, 4) is 0 Å². The van der Waals surface area contributed by atoms with E-state index in [4.69, 9.17) is 0 Å². The molecule has 1 fully saturated rings. The summed E-state index contributed by atoms with van der Waals surface area (Å²) < 4.78 is 3.00. The van der Waals surface area contributed by atoms with E-state index in [0.717, 1.165) is 25.2 Å². The Morgan fingerprint density at radius 3 is 2.51 bits per heavy atom. The molecule has 6 rings (SSSR count). The average molecular weight is 499 g/mol. The Hall–Kier alpha value is -3.98. The number of rotatable bonds is 4. The third kappa shape index (κ3) is 4.40. The fourth-order valence-electron chi connectivity index (χ4n) is 5.49. The smallest absolute Gasteiger partial charge is 0.264 e. The highest BCUT2D eigenvalue weighted by atomic mass is 16.3. The summed E-state index contributed by atoms with van der Waals surface area (Å²) in [6.45, 7) is 2.83. The first-order valence-electron chi connectivity index (χ1n) is 12.7. The molecule has 9 heteroatoms. The molecule has 4 heterocycles. The summed E-state index contributed by atoms with van der Waals surface area (Å²) in [5.74, 6) is -0.0341. The van der Waals surface area contributed by atoms with Crippen molar-refractivity contribution in [1.82, 2.24) is 24.2 Å². The maximum absolute atomic E-state index is 13.2. The van der Waals surface area contributed by atoms with Crippen LogP contribution < -0.4 is 10.5 Å². The Labute approximate surface area is 214 Å². The molecule has 9 nitrogen and oxygen atoms in total. The SMILES string of the molecule is Cn1ncc2c(=O)n(CC3(O)CCN(C(=O)c4ccc(N5CCc6ccccc6C5)cc4)CC3)cnc21. The number of carbonyl (C=O) groups excluding carboxylic acids is 1. The first-order chi connectivity index (χ1) is 17.9. The fourth-order valence-corrected chi connectivity index (χ4v) is 5.49. The van der Waals surface area contributed by atoms with Crippen molar-refractivity contribution >= 4 is 22.6 Å². The van der Waals surface area contributed by atoms with Crippen molar-refractivity contribution in [2.45, 2.75) is 38.0 Å². The molecule has 190 valence electrons. The molecule has 2 aliphatic heterocycles. The van der Waals surface area contributed by atoms with E-state index >= 15 is 0 Å². The van der Waals surface area contributed by atoms with Crippen LogP contribution >= 0.6 is 0 Å². The summed E-state index contributed by atoms with van der Waals surface area (Å²) in [5, 5.41) is 15.7. The number of likely N-dealkylation sites (tertiary alicyclic amines) is 1. The number of piperidine rings is 1. The van der Waals surface area contributed by atoms with Gasteiger partial charge in [-0.1, -0.05) is 24.3 Å². The molecule has 0 unspecified atom stereocenters. The quantitative estimate of drug-likeness (QED) is 0.464. The maximum Gasteiger partial charge on any atom is 0.264 e. The predicted molar refractivity (Wildman–Crippen MR) is 140 cm³/mol. The van der Waals surface area contributed by atoms with Gasteiger partial charge in [0, 0.05) is 44.5 Å². The van der Waals surface area contributed by atoms with Gasteiger partial charge in [-0.3, -0.25) is 18.8 Å². The lowest BCUT2D eigenvalue weighted by Gasteiger charge is -2.38. The summed E-state index contributed by atoms with van der Waals surface area (Å²) >= 11 is 0. The molecule has 4 aromatic rings. The Morgan fingerprint density at radius 2 is 1.76 bits per heavy atom. The highest BCUT2D eigenvalue weighted by Crippen LogP contribution is 2.27. The van der Waals surface area contributed by atoms with Crippen LogP contribution in [0.1, 0.15) is 34.3 Å². The van der Waals surface area contributed by atoms with Gasteiger partial charge in [0.15, 0.2) is 5.65 Å². The van der Waals surface area contributed by atoms with Crippen molar-refractivity contribution in [1.29, 1.82) is 0 Å². The molecule has 0 bridgehead atoms. The zero-order valence-electron chi connectivity index (χ0n) is 20.9. The first kappa shape index (κ1) is 23.4. The van der Waals surface area contributed by atoms with Gasteiger partial charge in [-0.25, -0.2) is 4.98 Å². The summed E-state index contributed by atoms with van der Waals surface area (Å²) in [6, 6.07) is 16.4. The first-order valence-corrected chi connectivity index (χ1v) is 12.7. The van der Waals surface area contributed by atoms with Crippen LogP contribution in [0.25, 0.3) is 11.0 Å². The lowest BCUT2D eigenvalue weighted by Crippen LogP contribution is -2.49. The zero-order valence-corrected chi connectivity index (χ0v) is 20.9. The number of hydrogen-bond donors (Lipinski definition) is 1. The van der Waals surface area contributed by atoms with Gasteiger partial charge in [0.2, 0.25) is 0 Å². The second-order valence-electron chi connectivity index (χ2n) is 10.2. The van der Waals surface area contributed by atoms with Crippen LogP contribution in [-0.2, 0) is 26.6 Å². The highest BCUT2D eigenvalue weighted by Gasteiger charge is 2.35. The minimum absolute atomic E-state index is 0.0341. The monoisotopic (exact) mass is 498 g/mol. The second-order valence-corrected chi connectivity index (χ2v) is 10.2. The molecule has 2 aliphatic rings. The van der Waals surface area contributed by atoms with E-state index in [1.165, 1.54) is 28.2 Å². The van der Waals surface area contributed by atoms with E-state index in [1.54, 1.807) is 16.6 Å². The number of amides is 1. The molecule has 37 heavy (non-hydrogen) atoms. The van der Waals surface area contributed by atoms with E-state index in [0.29, 0.717) is 42.5 Å². The summed E-state index contributed by atoms with van der Waals surface area (Å²) in [5.41, 5.74) is 3.75. The number of aliphatic hydroxyl groups is 1. The zero-order chi connectivity index (χ0) is 25.6. The minimum atomic E-state index is -1.08. The lowest BCUT2D eigenvalue weighted by atomic mass is 9.91. The van der Waals surface area contributed by atoms with Gasteiger partial charge in [-0.05, 0) is 54.7 Å². The Bertz CT molecular complexity index is 1520. The molecule has 0 saturated carbocycles. The van der Waals surface area contributed by atoms with E-state index in [1.807, 2.05) is 24.3 Å². The van der Waals surface area contributed by atoms with Crippen LogP contribution in [-0.4, -0.2) is 60.5 Å². The number of fused-ring (bicyclic) bond motifs is 2. The molecule has 0 atom stereocenters. The molecule has 0 radical (unpaired) electrons. The van der Waals surface area contributed by atoms with Gasteiger partial charge in [0.25, 0.3) is 11.5 Å². The van der Waals surface area contributed by atoms with Gasteiger partial charge >= 0.3 is 0 Å². The third-order valence-electron chi connectivity index (χ3n) is 7.77. The molecule has 1 N–H and O–H groups in total. The Balaban J connectivity index is 1.09. The largest absolute Gasteiger partial charge is 0.388 e. The van der Waals surface area contributed by atoms with E-state index in [2.05, 4.69) is 39.2 Å². The third-order valence-corrected chi connectivity index (χ3v) is 7.77. The topological polar surface area (TPSA) is 96.5 Å². The molecule has 0 spiro atoms. The van der Waals surface area contributed by atoms with Crippen LogP contribution in [0.5, 0.6) is 0 Å². The number of carbonyl (C=O) groups is 1. The molecule has 1 saturated heterocycles. The summed E-state index contributed by atoms with van der Waals surface area (Å²) in [4.78, 5) is 34.4. The molecule has 1 amide bonds. The van der Waals surface area contributed by atoms with Crippen molar-refractivity contribution < 1.29 is 9.90 Å². The number of anilines is 1. The fraction of sp³-hybridized carbons (Fsp3) is 0.357. The van der Waals surface area contributed by atoms with Crippen LogP contribution in [0.3, 0.4) is 0 Å². The van der Waals surface area contributed by atoms with Gasteiger partial charge in [0.05, 0.1) is 18.3 Å². The molecular weight excluding hydrogens is 468 g/mol. The number of aromatic nitrogens is 4. The van der Waals surface area contributed by atoms with Crippen molar-refractivity contribution in [3.05, 3.63) is 88.1 Å². The number of benzene rings is 2. The minimum Gasteiger partial charge on any atom is -0.388 e. The standard InChI is InChI=1S/C28H30N6O3/c1-31-25-24(16-30-31)27(36)34(19-29-25)18-28(37)11-14-32(15-12-28)26(35)21-6-8-23(9-7-21)33-13-10-20-4-2-3-5-22(20)17-33/h2-9,16,19,37H,10-15,17-18H2,1H3. The number of hydrogen-bond acceptors (Lipinski definition) is 6. The molecule has 2 aromatic heterocycles. The second kappa shape index (κ2) is 9.15. The normalized spacial score (nSPS) is 17.1. The van der Waals surface area contributed by atoms with Crippen LogP contribution in [0.2, 0.25) is 0 Å². The van der Waals surface area contributed by atoms with Gasteiger partial charge in [0.1, 0.15) is 11.7 Å². The van der Waals surface area contributed by atoms with E-state index in [9.17, 15) is 14.7 Å². The summed E-state index contributed by atoms with van der Waals surface area (Å²) in [6.07, 6.45) is 4.77. The van der Waals surface area contributed by atoms with Gasteiger partial charge in [-0.2, -0.15) is 5.10 Å². The lowest BCUT2D eigenvalue weighted by molar-refractivity contribution is -0.0299. The molecular formula is C28H30N6O3. The molecule has 0 aliphatic carbocycles. The Morgan fingerprint density at radius 1 is 1.03 bits per heavy atom. The van der Waals surface area contributed by atoms with Crippen molar-refractivity contribution in [3.63, 3.8) is 0 Å². The Kier molecular flexibility index (Phi) is 5.79. The summed E-state index contributed by atoms with van der Waals surface area (Å²) in [7, 11) is 1.74. The predicted octanol–water partition coefficient (Wildman–Crippen LogP) is 2.36. The van der Waals surface area contributed by atoms with Gasteiger partial charge < -0.3 is 14.9 Å². The van der Waals surface area contributed by atoms with E-state index in [-0.39, 0.29) is 18.0 Å². The van der Waals surface area contributed by atoms with Crippen LogP contribution in [0.4, 0.5) is 5.69 Å². The van der Waals surface area contributed by atoms with Crippen LogP contribution in [0.15, 0.2) is 65.8 Å². The average Bonchev–Trinajstić information content (AvgIpc) is 3.31. The van der Waals surface area contributed by atoms with Crippen molar-refractivity contribution in [2.24, 2.45) is 7.05 Å².